The minimum Gasteiger partial charge on any atom is -0.465 e. The minimum atomic E-state index is -0.507. The fourth-order valence-corrected chi connectivity index (χ4v) is 3.88. The van der Waals surface area contributed by atoms with Crippen LogP contribution in [0.5, 0.6) is 0 Å². The largest absolute Gasteiger partial charge is 0.465 e. The number of piperidine rings is 1. The zero-order chi connectivity index (χ0) is 18.9. The average molecular weight is 357 g/mol. The van der Waals surface area contributed by atoms with Crippen LogP contribution in [0.15, 0.2) is 30.3 Å². The normalized spacial score (nSPS) is 22.5. The Balaban J connectivity index is 1.92. The Hall–Kier alpha value is -2.30. The van der Waals surface area contributed by atoms with Crippen LogP contribution < -0.4 is 0 Å². The van der Waals surface area contributed by atoms with Crippen LogP contribution in [0.25, 0.3) is 5.57 Å². The zero-order valence-corrected chi connectivity index (χ0v) is 16.0. The van der Waals surface area contributed by atoms with Gasteiger partial charge in [0.25, 0.3) is 0 Å². The lowest BCUT2D eigenvalue weighted by atomic mass is 9.82. The SMILES string of the molecule is COC(=O)c1ccccc1C1=CC2CCCC(C1)N2C(=O)OC(C)(C)C. The predicted octanol–water partition coefficient (Wildman–Crippen LogP) is 4.42. The molecule has 1 amide bonds. The van der Waals surface area contributed by atoms with Crippen molar-refractivity contribution in [2.75, 3.05) is 7.11 Å². The van der Waals surface area contributed by atoms with Gasteiger partial charge in [0.1, 0.15) is 5.60 Å². The van der Waals surface area contributed by atoms with Crippen molar-refractivity contribution in [1.29, 1.82) is 0 Å². The van der Waals surface area contributed by atoms with Crippen molar-refractivity contribution in [2.24, 2.45) is 0 Å². The molecule has 2 bridgehead atoms. The molecule has 1 aromatic carbocycles. The molecule has 0 N–H and O–H groups in total. The van der Waals surface area contributed by atoms with E-state index >= 15 is 0 Å². The molecule has 2 heterocycles. The van der Waals surface area contributed by atoms with Crippen molar-refractivity contribution in [3.63, 3.8) is 0 Å². The highest BCUT2D eigenvalue weighted by atomic mass is 16.6. The molecule has 0 saturated carbocycles. The van der Waals surface area contributed by atoms with Crippen LogP contribution in [0, 0.1) is 0 Å². The molecule has 1 aromatic rings. The molecule has 0 aromatic heterocycles. The summed E-state index contributed by atoms with van der Waals surface area (Å²) in [6.07, 6.45) is 5.57. The second-order valence-electron chi connectivity index (χ2n) is 7.97. The lowest BCUT2D eigenvalue weighted by molar-refractivity contribution is 0.0000456. The first-order chi connectivity index (χ1) is 12.3. The van der Waals surface area contributed by atoms with E-state index < -0.39 is 5.60 Å². The maximum absolute atomic E-state index is 12.7. The summed E-state index contributed by atoms with van der Waals surface area (Å²) in [5, 5.41) is 0. The third kappa shape index (κ3) is 3.76. The van der Waals surface area contributed by atoms with Crippen LogP contribution >= 0.6 is 0 Å². The summed E-state index contributed by atoms with van der Waals surface area (Å²) in [6.45, 7) is 5.66. The number of hydrogen-bond acceptors (Lipinski definition) is 4. The second kappa shape index (κ2) is 7.14. The Morgan fingerprint density at radius 1 is 1.15 bits per heavy atom. The van der Waals surface area contributed by atoms with Crippen LogP contribution in [0.3, 0.4) is 0 Å². The van der Waals surface area contributed by atoms with E-state index in [0.717, 1.165) is 36.8 Å². The van der Waals surface area contributed by atoms with Crippen molar-refractivity contribution in [1.82, 2.24) is 4.90 Å². The standard InChI is InChI=1S/C21H27NO4/c1-21(2,3)26-20(24)22-15-8-7-9-16(22)13-14(12-15)17-10-5-6-11-18(17)19(23)25-4/h5-6,10-12,15-16H,7-9,13H2,1-4H3. The molecule has 5 heteroatoms. The number of hydrogen-bond donors (Lipinski definition) is 0. The van der Waals surface area contributed by atoms with Gasteiger partial charge in [-0.2, -0.15) is 0 Å². The summed E-state index contributed by atoms with van der Waals surface area (Å²) in [4.78, 5) is 26.7. The van der Waals surface area contributed by atoms with E-state index in [1.165, 1.54) is 7.11 Å². The Bertz CT molecular complexity index is 732. The predicted molar refractivity (Wildman–Crippen MR) is 99.9 cm³/mol. The summed E-state index contributed by atoms with van der Waals surface area (Å²) in [5.41, 5.74) is 2.08. The van der Waals surface area contributed by atoms with Crippen molar-refractivity contribution in [2.45, 2.75) is 64.1 Å². The van der Waals surface area contributed by atoms with Crippen LogP contribution in [0.1, 0.15) is 62.4 Å². The number of nitrogens with zero attached hydrogens (tertiary/aromatic N) is 1. The molecule has 2 aliphatic rings. The smallest absolute Gasteiger partial charge is 0.411 e. The first kappa shape index (κ1) is 18.5. The number of esters is 1. The Kier molecular flexibility index (Phi) is 5.08. The summed E-state index contributed by atoms with van der Waals surface area (Å²) in [6, 6.07) is 7.63. The summed E-state index contributed by atoms with van der Waals surface area (Å²) >= 11 is 0. The molecule has 0 spiro atoms. The fraction of sp³-hybridized carbons (Fsp3) is 0.524. The second-order valence-corrected chi connectivity index (χ2v) is 7.97. The first-order valence-corrected chi connectivity index (χ1v) is 9.20. The molecule has 3 rings (SSSR count). The van der Waals surface area contributed by atoms with Gasteiger partial charge in [-0.25, -0.2) is 9.59 Å². The number of carbonyl (C=O) groups excluding carboxylic acids is 2. The van der Waals surface area contributed by atoms with Gasteiger partial charge in [0, 0.05) is 6.04 Å². The van der Waals surface area contributed by atoms with Crippen LogP contribution in [-0.4, -0.2) is 41.8 Å². The molecule has 0 radical (unpaired) electrons. The molecule has 26 heavy (non-hydrogen) atoms. The Labute approximate surface area is 155 Å². The van der Waals surface area contributed by atoms with Gasteiger partial charge in [-0.05, 0) is 63.7 Å². The highest BCUT2D eigenvalue weighted by Crippen LogP contribution is 2.38. The van der Waals surface area contributed by atoms with Gasteiger partial charge in [0.15, 0.2) is 0 Å². The molecule has 140 valence electrons. The third-order valence-corrected chi connectivity index (χ3v) is 4.92. The summed E-state index contributed by atoms with van der Waals surface area (Å²) in [7, 11) is 1.40. The summed E-state index contributed by atoms with van der Waals surface area (Å²) < 4.78 is 10.5. The zero-order valence-electron chi connectivity index (χ0n) is 16.0. The van der Waals surface area contributed by atoms with Gasteiger partial charge in [-0.15, -0.1) is 0 Å². The van der Waals surface area contributed by atoms with Gasteiger partial charge >= 0.3 is 12.1 Å². The van der Waals surface area contributed by atoms with Crippen molar-refractivity contribution < 1.29 is 19.1 Å². The van der Waals surface area contributed by atoms with E-state index in [4.69, 9.17) is 9.47 Å². The number of rotatable bonds is 2. The van der Waals surface area contributed by atoms with E-state index in [1.54, 1.807) is 6.07 Å². The van der Waals surface area contributed by atoms with Crippen LogP contribution in [0.4, 0.5) is 4.79 Å². The molecule has 5 nitrogen and oxygen atoms in total. The lowest BCUT2D eigenvalue weighted by Gasteiger charge is -2.45. The van der Waals surface area contributed by atoms with Gasteiger partial charge in [-0.1, -0.05) is 24.3 Å². The molecular formula is C21H27NO4. The number of carbonyl (C=O) groups is 2. The first-order valence-electron chi connectivity index (χ1n) is 9.20. The number of fused-ring (bicyclic) bond motifs is 2. The van der Waals surface area contributed by atoms with E-state index in [-0.39, 0.29) is 24.1 Å². The number of benzene rings is 1. The molecule has 2 atom stereocenters. The van der Waals surface area contributed by atoms with Gasteiger partial charge in [0.05, 0.1) is 18.7 Å². The van der Waals surface area contributed by atoms with E-state index in [1.807, 2.05) is 43.9 Å². The maximum atomic E-state index is 12.7. The van der Waals surface area contributed by atoms with E-state index in [9.17, 15) is 9.59 Å². The van der Waals surface area contributed by atoms with E-state index in [0.29, 0.717) is 5.56 Å². The topological polar surface area (TPSA) is 55.8 Å². The molecule has 1 saturated heterocycles. The van der Waals surface area contributed by atoms with E-state index in [2.05, 4.69) is 6.08 Å². The van der Waals surface area contributed by atoms with Crippen LogP contribution in [0.2, 0.25) is 0 Å². The third-order valence-electron chi connectivity index (χ3n) is 4.92. The van der Waals surface area contributed by atoms with Gasteiger partial charge in [-0.3, -0.25) is 4.90 Å². The van der Waals surface area contributed by atoms with Gasteiger partial charge in [0.2, 0.25) is 0 Å². The van der Waals surface area contributed by atoms with Gasteiger partial charge < -0.3 is 9.47 Å². The maximum Gasteiger partial charge on any atom is 0.411 e. The molecule has 2 unspecified atom stereocenters. The average Bonchev–Trinajstić information content (AvgIpc) is 2.58. The highest BCUT2D eigenvalue weighted by molar-refractivity contribution is 5.95. The quantitative estimate of drug-likeness (QED) is 0.735. The molecule has 1 fully saturated rings. The highest BCUT2D eigenvalue weighted by Gasteiger charge is 2.39. The van der Waals surface area contributed by atoms with Crippen molar-refractivity contribution >= 4 is 17.6 Å². The van der Waals surface area contributed by atoms with Crippen LogP contribution in [-0.2, 0) is 9.47 Å². The minimum absolute atomic E-state index is 0.0121. The molecular weight excluding hydrogens is 330 g/mol. The number of ether oxygens (including phenoxy) is 2. The van der Waals surface area contributed by atoms with Crippen molar-refractivity contribution in [3.05, 3.63) is 41.5 Å². The Morgan fingerprint density at radius 3 is 2.54 bits per heavy atom. The lowest BCUT2D eigenvalue weighted by Crippen LogP contribution is -2.53. The number of amides is 1. The fourth-order valence-electron chi connectivity index (χ4n) is 3.88. The monoisotopic (exact) mass is 357 g/mol. The van der Waals surface area contributed by atoms with Crippen molar-refractivity contribution in [3.8, 4) is 0 Å². The molecule has 2 aliphatic heterocycles. The Morgan fingerprint density at radius 2 is 1.88 bits per heavy atom. The summed E-state index contributed by atoms with van der Waals surface area (Å²) in [5.74, 6) is -0.332. The number of methoxy groups -OCH3 is 1. The molecule has 0 aliphatic carbocycles.